The van der Waals surface area contributed by atoms with Crippen LogP contribution in [0.25, 0.3) is 0 Å². The predicted molar refractivity (Wildman–Crippen MR) is 83.8 cm³/mol. The number of piperidine rings is 1. The van der Waals surface area contributed by atoms with Crippen molar-refractivity contribution in [1.82, 2.24) is 9.88 Å². The number of aromatic nitrogens is 1. The zero-order valence-electron chi connectivity index (χ0n) is 12.7. The number of likely N-dealkylation sites (tertiary alicyclic amines) is 1. The predicted octanol–water partition coefficient (Wildman–Crippen LogP) is 3.67. The van der Waals surface area contributed by atoms with Crippen molar-refractivity contribution in [3.05, 3.63) is 23.9 Å². The molecule has 3 nitrogen and oxygen atoms in total. The number of nitrogens with one attached hydrogen (secondary N) is 1. The Balaban J connectivity index is 1.58. The van der Waals surface area contributed by atoms with Crippen molar-refractivity contribution in [2.45, 2.75) is 51.5 Å². The second-order valence-corrected chi connectivity index (χ2v) is 6.60. The molecule has 1 spiro atoms. The minimum absolute atomic E-state index is 0.704. The fourth-order valence-corrected chi connectivity index (χ4v) is 4.02. The highest BCUT2D eigenvalue weighted by molar-refractivity contribution is 5.42. The Morgan fingerprint density at radius 3 is 2.60 bits per heavy atom. The maximum atomic E-state index is 4.41. The second-order valence-electron chi connectivity index (χ2n) is 6.60. The first kappa shape index (κ1) is 13.9. The number of rotatable bonds is 3. The van der Waals surface area contributed by atoms with Gasteiger partial charge in [0.05, 0.1) is 0 Å². The molecule has 0 atom stereocenters. The van der Waals surface area contributed by atoms with Gasteiger partial charge >= 0.3 is 0 Å². The Kier molecular flexibility index (Phi) is 4.25. The lowest BCUT2D eigenvalue weighted by molar-refractivity contribution is 0.0642. The van der Waals surface area contributed by atoms with Crippen LogP contribution >= 0.6 is 0 Å². The normalized spacial score (nSPS) is 22.9. The van der Waals surface area contributed by atoms with Crippen molar-refractivity contribution < 1.29 is 0 Å². The van der Waals surface area contributed by atoms with Gasteiger partial charge in [0, 0.05) is 25.4 Å². The summed E-state index contributed by atoms with van der Waals surface area (Å²) < 4.78 is 0. The van der Waals surface area contributed by atoms with E-state index < -0.39 is 0 Å². The van der Waals surface area contributed by atoms with E-state index in [1.807, 2.05) is 19.3 Å². The van der Waals surface area contributed by atoms with E-state index in [9.17, 15) is 0 Å². The molecule has 2 aliphatic rings. The largest absolute Gasteiger partial charge is 0.373 e. The lowest BCUT2D eigenvalue weighted by Gasteiger charge is -2.44. The minimum atomic E-state index is 0.704. The SMILES string of the molecule is CNc1ncccc1CN1CCC2(CCCCC2)CC1. The Hall–Kier alpha value is -1.09. The van der Waals surface area contributed by atoms with Crippen molar-refractivity contribution in [3.8, 4) is 0 Å². The van der Waals surface area contributed by atoms with Gasteiger partial charge in [0.2, 0.25) is 0 Å². The van der Waals surface area contributed by atoms with Gasteiger partial charge in [-0.05, 0) is 50.3 Å². The summed E-state index contributed by atoms with van der Waals surface area (Å²) in [6.07, 6.45) is 12.0. The molecule has 0 radical (unpaired) electrons. The van der Waals surface area contributed by atoms with Crippen LogP contribution in [0.15, 0.2) is 18.3 Å². The highest BCUT2D eigenvalue weighted by Crippen LogP contribution is 2.44. The lowest BCUT2D eigenvalue weighted by Crippen LogP contribution is -2.40. The topological polar surface area (TPSA) is 28.2 Å². The summed E-state index contributed by atoms with van der Waals surface area (Å²) in [5, 5.41) is 3.20. The molecule has 0 bridgehead atoms. The molecule has 1 saturated heterocycles. The smallest absolute Gasteiger partial charge is 0.130 e. The van der Waals surface area contributed by atoms with Crippen LogP contribution in [-0.4, -0.2) is 30.0 Å². The van der Waals surface area contributed by atoms with Crippen LogP contribution in [0.5, 0.6) is 0 Å². The lowest BCUT2D eigenvalue weighted by atomic mass is 9.68. The molecule has 0 amide bonds. The van der Waals surface area contributed by atoms with Crippen molar-refractivity contribution in [2.24, 2.45) is 5.41 Å². The van der Waals surface area contributed by atoms with Crippen molar-refractivity contribution in [2.75, 3.05) is 25.5 Å². The van der Waals surface area contributed by atoms with Crippen molar-refractivity contribution in [1.29, 1.82) is 0 Å². The van der Waals surface area contributed by atoms with E-state index in [0.29, 0.717) is 5.41 Å². The summed E-state index contributed by atoms with van der Waals surface area (Å²) in [4.78, 5) is 7.02. The molecular weight excluding hydrogens is 246 g/mol. The molecule has 0 unspecified atom stereocenters. The number of hydrogen-bond donors (Lipinski definition) is 1. The van der Waals surface area contributed by atoms with Gasteiger partial charge in [0.25, 0.3) is 0 Å². The fourth-order valence-electron chi connectivity index (χ4n) is 4.02. The van der Waals surface area contributed by atoms with Gasteiger partial charge in [-0.15, -0.1) is 0 Å². The molecule has 1 N–H and O–H groups in total. The van der Waals surface area contributed by atoms with Gasteiger partial charge in [-0.1, -0.05) is 25.3 Å². The molecule has 1 aromatic rings. The highest BCUT2D eigenvalue weighted by Gasteiger charge is 2.35. The molecule has 2 fully saturated rings. The average molecular weight is 273 g/mol. The van der Waals surface area contributed by atoms with E-state index in [0.717, 1.165) is 12.4 Å². The molecule has 110 valence electrons. The van der Waals surface area contributed by atoms with Crippen LogP contribution in [0.4, 0.5) is 5.82 Å². The van der Waals surface area contributed by atoms with E-state index >= 15 is 0 Å². The van der Waals surface area contributed by atoms with Crippen molar-refractivity contribution in [3.63, 3.8) is 0 Å². The maximum Gasteiger partial charge on any atom is 0.130 e. The van der Waals surface area contributed by atoms with Crippen LogP contribution in [0.2, 0.25) is 0 Å². The molecule has 1 saturated carbocycles. The molecule has 1 aliphatic heterocycles. The molecule has 3 rings (SSSR count). The molecule has 1 aromatic heterocycles. The summed E-state index contributed by atoms with van der Waals surface area (Å²) in [6.45, 7) is 3.57. The monoisotopic (exact) mass is 273 g/mol. The number of hydrogen-bond acceptors (Lipinski definition) is 3. The molecule has 20 heavy (non-hydrogen) atoms. The second kappa shape index (κ2) is 6.13. The van der Waals surface area contributed by atoms with E-state index in [-0.39, 0.29) is 0 Å². The Bertz CT molecular complexity index is 428. The van der Waals surface area contributed by atoms with Crippen LogP contribution in [0, 0.1) is 5.41 Å². The third-order valence-electron chi connectivity index (χ3n) is 5.35. The van der Waals surface area contributed by atoms with Gasteiger partial charge in [-0.3, -0.25) is 4.90 Å². The number of nitrogens with zero attached hydrogens (tertiary/aromatic N) is 2. The van der Waals surface area contributed by atoms with Gasteiger partial charge in [0.1, 0.15) is 5.82 Å². The summed E-state index contributed by atoms with van der Waals surface area (Å²) >= 11 is 0. The molecule has 0 aromatic carbocycles. The Morgan fingerprint density at radius 1 is 1.15 bits per heavy atom. The van der Waals surface area contributed by atoms with Crippen molar-refractivity contribution >= 4 is 5.82 Å². The summed E-state index contributed by atoms with van der Waals surface area (Å²) in [6, 6.07) is 4.24. The van der Waals surface area contributed by atoms with Gasteiger partial charge in [-0.2, -0.15) is 0 Å². The van der Waals surface area contributed by atoms with Crippen LogP contribution in [0.1, 0.15) is 50.5 Å². The quantitative estimate of drug-likeness (QED) is 0.910. The van der Waals surface area contributed by atoms with E-state index in [2.05, 4.69) is 21.3 Å². The zero-order chi connectivity index (χ0) is 13.8. The first-order valence-corrected chi connectivity index (χ1v) is 8.15. The fraction of sp³-hybridized carbons (Fsp3) is 0.706. The third kappa shape index (κ3) is 2.98. The molecular formula is C17H27N3. The Labute approximate surface area is 122 Å². The van der Waals surface area contributed by atoms with E-state index in [1.165, 1.54) is 63.6 Å². The first-order chi connectivity index (χ1) is 9.81. The number of pyridine rings is 1. The standard InChI is InChI=1S/C17H27N3/c1-18-16-15(6-5-11-19-16)14-20-12-9-17(10-13-20)7-3-2-4-8-17/h5-6,11H,2-4,7-10,12-14H2,1H3,(H,18,19). The highest BCUT2D eigenvalue weighted by atomic mass is 15.1. The van der Waals surface area contributed by atoms with Gasteiger partial charge < -0.3 is 5.32 Å². The zero-order valence-corrected chi connectivity index (χ0v) is 12.7. The van der Waals surface area contributed by atoms with E-state index in [4.69, 9.17) is 0 Å². The van der Waals surface area contributed by atoms with E-state index in [1.54, 1.807) is 0 Å². The van der Waals surface area contributed by atoms with Gasteiger partial charge in [0.15, 0.2) is 0 Å². The average Bonchev–Trinajstić information content (AvgIpc) is 2.51. The molecule has 3 heteroatoms. The van der Waals surface area contributed by atoms with Crippen LogP contribution in [0.3, 0.4) is 0 Å². The summed E-state index contributed by atoms with van der Waals surface area (Å²) in [5.41, 5.74) is 2.03. The maximum absolute atomic E-state index is 4.41. The van der Waals surface area contributed by atoms with Crippen LogP contribution < -0.4 is 5.32 Å². The Morgan fingerprint density at radius 2 is 1.90 bits per heavy atom. The molecule has 1 aliphatic carbocycles. The summed E-state index contributed by atoms with van der Waals surface area (Å²) in [7, 11) is 1.96. The number of anilines is 1. The third-order valence-corrected chi connectivity index (χ3v) is 5.35. The first-order valence-electron chi connectivity index (χ1n) is 8.15. The summed E-state index contributed by atoms with van der Waals surface area (Å²) in [5.74, 6) is 1.03. The van der Waals surface area contributed by atoms with Gasteiger partial charge in [-0.25, -0.2) is 4.98 Å². The molecule has 2 heterocycles. The van der Waals surface area contributed by atoms with Crippen LogP contribution in [-0.2, 0) is 6.54 Å². The minimum Gasteiger partial charge on any atom is -0.373 e.